The summed E-state index contributed by atoms with van der Waals surface area (Å²) < 4.78 is 59.3. The van der Waals surface area contributed by atoms with Gasteiger partial charge >= 0.3 is 6.18 Å². The maximum atomic E-state index is 13.5. The van der Waals surface area contributed by atoms with Crippen molar-refractivity contribution in [2.24, 2.45) is 5.41 Å². The van der Waals surface area contributed by atoms with Crippen LogP contribution < -0.4 is 4.74 Å². The fourth-order valence-electron chi connectivity index (χ4n) is 6.55. The third kappa shape index (κ3) is 5.13. The van der Waals surface area contributed by atoms with Gasteiger partial charge in [0.25, 0.3) is 0 Å². The van der Waals surface area contributed by atoms with Gasteiger partial charge in [-0.05, 0) is 75.6 Å². The fourth-order valence-corrected chi connectivity index (χ4v) is 7.09. The number of rotatable bonds is 8. The van der Waals surface area contributed by atoms with E-state index >= 15 is 0 Å². The van der Waals surface area contributed by atoms with E-state index in [1.807, 2.05) is 0 Å². The lowest BCUT2D eigenvalue weighted by molar-refractivity contribution is -0.150. The summed E-state index contributed by atoms with van der Waals surface area (Å²) in [5.74, 6) is 1.61. The summed E-state index contributed by atoms with van der Waals surface area (Å²) in [6.07, 6.45) is 7.33. The molecular weight excluding hydrogens is 590 g/mol. The molecule has 0 aliphatic heterocycles. The summed E-state index contributed by atoms with van der Waals surface area (Å²) in [5.41, 5.74) is 1.43. The van der Waals surface area contributed by atoms with E-state index in [1.54, 1.807) is 24.5 Å². The van der Waals surface area contributed by atoms with Gasteiger partial charge in [-0.3, -0.25) is 9.97 Å². The van der Waals surface area contributed by atoms with E-state index < -0.39 is 11.7 Å². The van der Waals surface area contributed by atoms with Crippen molar-refractivity contribution in [1.82, 2.24) is 15.1 Å². The fraction of sp³-hybridized carbons (Fsp3) is 0.452. The van der Waals surface area contributed by atoms with E-state index in [4.69, 9.17) is 37.2 Å². The van der Waals surface area contributed by atoms with Crippen molar-refractivity contribution in [2.75, 3.05) is 6.61 Å². The predicted molar refractivity (Wildman–Crippen MR) is 152 cm³/mol. The Labute approximate surface area is 250 Å². The van der Waals surface area contributed by atoms with Crippen molar-refractivity contribution in [1.29, 1.82) is 0 Å². The molecule has 0 spiro atoms. The minimum absolute atomic E-state index is 0.0263. The van der Waals surface area contributed by atoms with E-state index in [1.165, 1.54) is 12.3 Å². The molecule has 0 saturated heterocycles. The second-order valence-corrected chi connectivity index (χ2v) is 12.7. The largest absolute Gasteiger partial charge is 0.493 e. The Morgan fingerprint density at radius 2 is 1.69 bits per heavy atom. The van der Waals surface area contributed by atoms with Crippen molar-refractivity contribution in [3.63, 3.8) is 0 Å². The molecule has 4 aromatic rings. The Morgan fingerprint density at radius 1 is 0.976 bits per heavy atom. The molecule has 3 aromatic heterocycles. The van der Waals surface area contributed by atoms with Crippen LogP contribution in [0.5, 0.6) is 5.75 Å². The molecule has 3 heterocycles. The van der Waals surface area contributed by atoms with Crippen LogP contribution >= 0.6 is 23.2 Å². The lowest BCUT2D eigenvalue weighted by Gasteiger charge is -2.52. The van der Waals surface area contributed by atoms with E-state index in [0.717, 1.165) is 68.8 Å². The Hall–Kier alpha value is -2.88. The van der Waals surface area contributed by atoms with Crippen LogP contribution in [-0.4, -0.2) is 27.3 Å². The third-order valence-electron chi connectivity index (χ3n) is 9.28. The second-order valence-electron chi connectivity index (χ2n) is 11.9. The standard InChI is InChI=1S/C31H28Cl2F3N3O3/c32-23-14-37-15-24(33)26(23)27-21(28(42-39-27)18-1-2-18)16-41-30-9-6-29(7-10-30,8-11-30)17-40-19-3-4-25-20(13-19)22(5-12-38-25)31(34,35)36/h3-5,12-15,18H,1-2,6-11,16-17H2. The molecule has 8 rings (SSSR count). The quantitative estimate of drug-likeness (QED) is 0.196. The number of aromatic nitrogens is 3. The summed E-state index contributed by atoms with van der Waals surface area (Å²) in [5, 5.41) is 5.23. The average Bonchev–Trinajstić information content (AvgIpc) is 3.75. The summed E-state index contributed by atoms with van der Waals surface area (Å²) >= 11 is 12.9. The van der Waals surface area contributed by atoms with Crippen LogP contribution in [0.1, 0.15) is 74.2 Å². The molecule has 1 aromatic carbocycles. The number of ether oxygens (including phenoxy) is 2. The number of hydrogen-bond donors (Lipinski definition) is 0. The number of halogens is 5. The number of pyridine rings is 2. The zero-order chi connectivity index (χ0) is 29.1. The van der Waals surface area contributed by atoms with E-state index in [9.17, 15) is 13.2 Å². The highest BCUT2D eigenvalue weighted by Gasteiger charge is 2.50. The Morgan fingerprint density at radius 3 is 2.36 bits per heavy atom. The smallest absolute Gasteiger partial charge is 0.417 e. The first-order valence-electron chi connectivity index (χ1n) is 14.2. The van der Waals surface area contributed by atoms with Gasteiger partial charge in [0.1, 0.15) is 17.2 Å². The molecule has 0 amide bonds. The van der Waals surface area contributed by atoms with Crippen LogP contribution in [0.4, 0.5) is 13.2 Å². The van der Waals surface area contributed by atoms with Gasteiger partial charge in [0, 0.05) is 46.4 Å². The van der Waals surface area contributed by atoms with Crippen LogP contribution in [0, 0.1) is 5.41 Å². The van der Waals surface area contributed by atoms with E-state index in [0.29, 0.717) is 51.7 Å². The van der Waals surface area contributed by atoms with E-state index in [2.05, 4.69) is 15.1 Å². The summed E-state index contributed by atoms with van der Waals surface area (Å²) in [7, 11) is 0. The normalized spacial score (nSPS) is 23.9. The summed E-state index contributed by atoms with van der Waals surface area (Å²) in [4.78, 5) is 8.14. The molecule has 0 N–H and O–H groups in total. The maximum Gasteiger partial charge on any atom is 0.417 e. The Balaban J connectivity index is 1.04. The minimum Gasteiger partial charge on any atom is -0.493 e. The highest BCUT2D eigenvalue weighted by molar-refractivity contribution is 6.38. The van der Waals surface area contributed by atoms with Crippen LogP contribution in [0.25, 0.3) is 22.2 Å². The summed E-state index contributed by atoms with van der Waals surface area (Å²) in [6, 6.07) is 5.74. The van der Waals surface area contributed by atoms with Gasteiger partial charge in [0.15, 0.2) is 0 Å². The monoisotopic (exact) mass is 617 g/mol. The van der Waals surface area contributed by atoms with Crippen LogP contribution in [0.3, 0.4) is 0 Å². The van der Waals surface area contributed by atoms with Crippen LogP contribution in [-0.2, 0) is 17.5 Å². The number of alkyl halides is 3. The number of fused-ring (bicyclic) bond motifs is 4. The lowest BCUT2D eigenvalue weighted by atomic mass is 9.59. The summed E-state index contributed by atoms with van der Waals surface area (Å²) in [6.45, 7) is 0.812. The minimum atomic E-state index is -4.46. The molecule has 0 radical (unpaired) electrons. The highest BCUT2D eigenvalue weighted by atomic mass is 35.5. The van der Waals surface area contributed by atoms with Crippen molar-refractivity contribution in [3.05, 3.63) is 69.8 Å². The molecule has 6 nitrogen and oxygen atoms in total. The van der Waals surface area contributed by atoms with Gasteiger partial charge < -0.3 is 14.0 Å². The van der Waals surface area contributed by atoms with Gasteiger partial charge in [0.2, 0.25) is 0 Å². The molecule has 0 unspecified atom stereocenters. The predicted octanol–water partition coefficient (Wildman–Crippen LogP) is 9.18. The molecule has 4 saturated carbocycles. The molecular formula is C31H28Cl2F3N3O3. The molecule has 0 atom stereocenters. The molecule has 220 valence electrons. The SMILES string of the molecule is FC(F)(F)c1ccnc2ccc(OCC34CCC(OCc5c(-c6c(Cl)cncc6Cl)noc5C5CC5)(CC3)CC4)cc12. The third-order valence-corrected chi connectivity index (χ3v) is 9.85. The topological polar surface area (TPSA) is 70.3 Å². The molecule has 4 aliphatic carbocycles. The molecule has 4 fully saturated rings. The van der Waals surface area contributed by atoms with Gasteiger partial charge in [-0.1, -0.05) is 28.4 Å². The first kappa shape index (κ1) is 27.9. The maximum absolute atomic E-state index is 13.5. The first-order chi connectivity index (χ1) is 20.2. The van der Waals surface area contributed by atoms with Crippen LogP contribution in [0.2, 0.25) is 10.0 Å². The molecule has 4 aliphatic rings. The van der Waals surface area contributed by atoms with Crippen molar-refractivity contribution in [3.8, 4) is 17.0 Å². The molecule has 11 heteroatoms. The van der Waals surface area contributed by atoms with Crippen molar-refractivity contribution < 1.29 is 27.2 Å². The van der Waals surface area contributed by atoms with E-state index in [-0.39, 0.29) is 16.4 Å². The highest BCUT2D eigenvalue weighted by Crippen LogP contribution is 2.55. The van der Waals surface area contributed by atoms with Crippen molar-refractivity contribution in [2.45, 2.75) is 75.7 Å². The van der Waals surface area contributed by atoms with Gasteiger partial charge in [0.05, 0.1) is 39.9 Å². The lowest BCUT2D eigenvalue weighted by Crippen LogP contribution is -2.49. The van der Waals surface area contributed by atoms with Crippen molar-refractivity contribution >= 4 is 34.1 Å². The second kappa shape index (κ2) is 10.4. The number of hydrogen-bond acceptors (Lipinski definition) is 6. The van der Waals surface area contributed by atoms with Gasteiger partial charge in [-0.25, -0.2) is 0 Å². The first-order valence-corrected chi connectivity index (χ1v) is 14.9. The number of nitrogens with zero attached hydrogens (tertiary/aromatic N) is 3. The van der Waals surface area contributed by atoms with Gasteiger partial charge in [-0.15, -0.1) is 0 Å². The Bertz CT molecular complexity index is 1610. The van der Waals surface area contributed by atoms with Gasteiger partial charge in [-0.2, -0.15) is 13.2 Å². The zero-order valence-electron chi connectivity index (χ0n) is 22.6. The zero-order valence-corrected chi connectivity index (χ0v) is 24.2. The number of benzene rings is 1. The average molecular weight is 618 g/mol. The molecule has 2 bridgehead atoms. The Kier molecular flexibility index (Phi) is 6.90. The molecule has 42 heavy (non-hydrogen) atoms. The van der Waals surface area contributed by atoms with Crippen LogP contribution in [0.15, 0.2) is 47.4 Å².